The average Bonchev–Trinajstić information content (AvgIpc) is 2.73. The molecular weight excluding hydrogens is 384 g/mol. The summed E-state index contributed by atoms with van der Waals surface area (Å²) >= 11 is 0. The van der Waals surface area contributed by atoms with Crippen LogP contribution in [-0.4, -0.2) is 117 Å². The van der Waals surface area contributed by atoms with E-state index >= 15 is 0 Å². The number of amides is 1. The number of hydrogen-bond acceptors (Lipinski definition) is 9. The quantitative estimate of drug-likeness (QED) is 0.137. The second-order valence-corrected chi connectivity index (χ2v) is 5.72. The third-order valence-electron chi connectivity index (χ3n) is 3.39. The van der Waals surface area contributed by atoms with Crippen molar-refractivity contribution in [2.75, 3.05) is 99.4 Å². The highest BCUT2D eigenvalue weighted by atomic mass is 16.6. The van der Waals surface area contributed by atoms with Crippen molar-refractivity contribution in [3.8, 4) is 0 Å². The molecule has 0 saturated carbocycles. The first-order chi connectivity index (χ1) is 14.2. The smallest absolute Gasteiger partial charge is 0.246 e. The lowest BCUT2D eigenvalue weighted by Gasteiger charge is -2.14. The van der Waals surface area contributed by atoms with E-state index in [1.807, 2.05) is 0 Å². The highest BCUT2D eigenvalue weighted by molar-refractivity contribution is 5.90. The van der Waals surface area contributed by atoms with Crippen LogP contribution in [0.1, 0.15) is 0 Å². The highest BCUT2D eigenvalue weighted by Crippen LogP contribution is 1.88. The fourth-order valence-electron chi connectivity index (χ4n) is 1.85. The third-order valence-corrected chi connectivity index (χ3v) is 3.39. The second kappa shape index (κ2) is 22.9. The molecule has 2 N–H and O–H groups in total. The number of ether oxygens (including phenoxy) is 6. The molecule has 0 spiro atoms. The Labute approximate surface area is 173 Å². The van der Waals surface area contributed by atoms with Gasteiger partial charge in [-0.3, -0.25) is 9.59 Å². The van der Waals surface area contributed by atoms with Gasteiger partial charge >= 0.3 is 0 Å². The molecule has 10 heteroatoms. The molecule has 0 saturated heterocycles. The van der Waals surface area contributed by atoms with Crippen LogP contribution in [-0.2, 0) is 38.0 Å². The van der Waals surface area contributed by atoms with Gasteiger partial charge in [-0.25, -0.2) is 0 Å². The molecule has 0 aromatic heterocycles. The summed E-state index contributed by atoms with van der Waals surface area (Å²) in [7, 11) is 1.64. The number of hydrogen-bond donors (Lipinski definition) is 1. The fraction of sp³-hybridized carbons (Fsp3) is 0.789. The minimum atomic E-state index is -0.237. The summed E-state index contributed by atoms with van der Waals surface area (Å²) in [5.74, 6) is -0.237. The summed E-state index contributed by atoms with van der Waals surface area (Å²) in [6.45, 7) is 6.89. The Morgan fingerprint density at radius 2 is 1.10 bits per heavy atom. The van der Waals surface area contributed by atoms with Crippen LogP contribution in [0.5, 0.6) is 0 Å². The van der Waals surface area contributed by atoms with E-state index in [0.717, 1.165) is 0 Å². The number of nitrogens with two attached hydrogens (primary N) is 1. The van der Waals surface area contributed by atoms with Crippen molar-refractivity contribution in [3.63, 3.8) is 0 Å². The van der Waals surface area contributed by atoms with Crippen molar-refractivity contribution in [1.29, 1.82) is 0 Å². The van der Waals surface area contributed by atoms with Gasteiger partial charge in [0.15, 0.2) is 0 Å². The molecule has 0 heterocycles. The molecular formula is C19H36N2O8. The molecule has 10 nitrogen and oxygen atoms in total. The van der Waals surface area contributed by atoms with Crippen molar-refractivity contribution in [2.24, 2.45) is 5.73 Å². The first-order valence-corrected chi connectivity index (χ1v) is 9.75. The van der Waals surface area contributed by atoms with Crippen molar-refractivity contribution in [2.45, 2.75) is 0 Å². The van der Waals surface area contributed by atoms with Gasteiger partial charge in [0.25, 0.3) is 0 Å². The fourth-order valence-corrected chi connectivity index (χ4v) is 1.85. The molecule has 0 unspecified atom stereocenters. The number of rotatable bonds is 22. The molecule has 170 valence electrons. The zero-order valence-electron chi connectivity index (χ0n) is 17.4. The minimum absolute atomic E-state index is 0.237. The first kappa shape index (κ1) is 27.6. The van der Waals surface area contributed by atoms with Crippen LogP contribution in [0.15, 0.2) is 12.2 Å². The van der Waals surface area contributed by atoms with Gasteiger partial charge in [-0.2, -0.15) is 0 Å². The monoisotopic (exact) mass is 420 g/mol. The van der Waals surface area contributed by atoms with Gasteiger partial charge in [0, 0.05) is 26.2 Å². The van der Waals surface area contributed by atoms with Crippen LogP contribution in [0.4, 0.5) is 0 Å². The second-order valence-electron chi connectivity index (χ2n) is 5.72. The molecule has 0 aromatic rings. The van der Waals surface area contributed by atoms with Gasteiger partial charge < -0.3 is 39.1 Å². The Hall–Kier alpha value is -1.40. The average molecular weight is 421 g/mol. The zero-order chi connectivity index (χ0) is 21.4. The Kier molecular flexibility index (Phi) is 21.8. The predicted octanol–water partition coefficient (Wildman–Crippen LogP) is -0.742. The van der Waals surface area contributed by atoms with Gasteiger partial charge in [0.05, 0.1) is 79.3 Å². The summed E-state index contributed by atoms with van der Waals surface area (Å²) in [5.41, 5.74) is 5.30. The van der Waals surface area contributed by atoms with Crippen molar-refractivity contribution in [1.82, 2.24) is 4.90 Å². The largest absolute Gasteiger partial charge is 0.378 e. The van der Waals surface area contributed by atoms with E-state index in [1.54, 1.807) is 7.05 Å². The maximum absolute atomic E-state index is 11.5. The molecule has 0 aliphatic rings. The number of aldehydes is 1. The van der Waals surface area contributed by atoms with E-state index in [4.69, 9.17) is 34.2 Å². The number of nitrogens with zero attached hydrogens (tertiary/aromatic N) is 1. The van der Waals surface area contributed by atoms with E-state index < -0.39 is 0 Å². The van der Waals surface area contributed by atoms with Crippen LogP contribution in [0.3, 0.4) is 0 Å². The molecule has 0 bridgehead atoms. The maximum Gasteiger partial charge on any atom is 0.246 e. The summed E-state index contributed by atoms with van der Waals surface area (Å²) < 4.78 is 32.0. The molecule has 0 radical (unpaired) electrons. The van der Waals surface area contributed by atoms with Crippen molar-refractivity contribution < 1.29 is 38.0 Å². The number of carbonyl (C=O) groups excluding carboxylic acids is 2. The lowest BCUT2D eigenvalue weighted by molar-refractivity contribution is -0.125. The van der Waals surface area contributed by atoms with E-state index in [2.05, 4.69) is 0 Å². The SMILES string of the molecule is CN(CCOCCOCCOCCOCCOCCOCCN)C(=O)/C=C\C=O. The van der Waals surface area contributed by atoms with Crippen molar-refractivity contribution in [3.05, 3.63) is 12.2 Å². The molecule has 1 amide bonds. The van der Waals surface area contributed by atoms with Crippen LogP contribution < -0.4 is 5.73 Å². The van der Waals surface area contributed by atoms with Crippen LogP contribution in [0, 0.1) is 0 Å². The van der Waals surface area contributed by atoms with E-state index in [1.165, 1.54) is 17.1 Å². The maximum atomic E-state index is 11.5. The number of allylic oxidation sites excluding steroid dienone is 1. The molecule has 0 rings (SSSR count). The number of carbonyl (C=O) groups is 2. The highest BCUT2D eigenvalue weighted by Gasteiger charge is 2.03. The van der Waals surface area contributed by atoms with Gasteiger partial charge in [0.1, 0.15) is 6.29 Å². The Bertz CT molecular complexity index is 410. The van der Waals surface area contributed by atoms with Gasteiger partial charge in [-0.15, -0.1) is 0 Å². The predicted molar refractivity (Wildman–Crippen MR) is 107 cm³/mol. The van der Waals surface area contributed by atoms with Crippen LogP contribution >= 0.6 is 0 Å². The summed E-state index contributed by atoms with van der Waals surface area (Å²) in [4.78, 5) is 23.1. The van der Waals surface area contributed by atoms with Crippen molar-refractivity contribution >= 4 is 12.2 Å². The minimum Gasteiger partial charge on any atom is -0.378 e. The van der Waals surface area contributed by atoms with E-state index in [9.17, 15) is 9.59 Å². The molecule has 0 fully saturated rings. The van der Waals surface area contributed by atoms with Gasteiger partial charge in [0.2, 0.25) is 5.91 Å². The van der Waals surface area contributed by atoms with Gasteiger partial charge in [-0.05, 0) is 6.08 Å². The summed E-state index contributed by atoms with van der Waals surface area (Å²) in [6.07, 6.45) is 2.95. The molecule has 0 aliphatic heterocycles. The lowest BCUT2D eigenvalue weighted by Crippen LogP contribution is -2.29. The molecule has 0 atom stereocenters. The lowest BCUT2D eigenvalue weighted by atomic mass is 10.4. The van der Waals surface area contributed by atoms with E-state index in [0.29, 0.717) is 98.7 Å². The Balaban J connectivity index is 3.18. The summed E-state index contributed by atoms with van der Waals surface area (Å²) in [5, 5.41) is 0. The normalized spacial score (nSPS) is 11.2. The zero-order valence-corrected chi connectivity index (χ0v) is 17.4. The first-order valence-electron chi connectivity index (χ1n) is 9.75. The molecule has 29 heavy (non-hydrogen) atoms. The van der Waals surface area contributed by atoms with Gasteiger partial charge in [-0.1, -0.05) is 0 Å². The Morgan fingerprint density at radius 1 is 0.724 bits per heavy atom. The topological polar surface area (TPSA) is 119 Å². The number of likely N-dealkylation sites (N-methyl/N-ethyl adjacent to an activating group) is 1. The molecule has 0 aliphatic carbocycles. The summed E-state index contributed by atoms with van der Waals surface area (Å²) in [6, 6.07) is 0. The van der Waals surface area contributed by atoms with Crippen LogP contribution in [0.2, 0.25) is 0 Å². The molecule has 0 aromatic carbocycles. The standard InChI is InChI=1S/C19H36N2O8/c1-21(19(23)3-2-6-22)5-8-25-10-12-27-14-16-29-18-17-28-15-13-26-11-9-24-7-4-20/h2-3,6H,4-5,7-18,20H2,1H3/b3-2-. The Morgan fingerprint density at radius 3 is 1.48 bits per heavy atom. The van der Waals surface area contributed by atoms with Crippen LogP contribution in [0.25, 0.3) is 0 Å². The van der Waals surface area contributed by atoms with E-state index in [-0.39, 0.29) is 5.91 Å². The third kappa shape index (κ3) is 21.1.